The van der Waals surface area contributed by atoms with Gasteiger partial charge in [-0.3, -0.25) is 4.90 Å². The van der Waals surface area contributed by atoms with Gasteiger partial charge in [-0.2, -0.15) is 9.97 Å². The van der Waals surface area contributed by atoms with Crippen LogP contribution in [-0.4, -0.2) is 58.9 Å². The van der Waals surface area contributed by atoms with Gasteiger partial charge in [0.05, 0.1) is 6.61 Å². The quantitative estimate of drug-likeness (QED) is 0.216. The number of nitrogens with zero attached hydrogens (tertiary/aromatic N) is 4. The first-order valence-corrected chi connectivity index (χ1v) is 17.8. The Bertz CT molecular complexity index is 1170. The summed E-state index contributed by atoms with van der Waals surface area (Å²) in [6, 6.07) is 9.59. The molecule has 0 spiro atoms. The van der Waals surface area contributed by atoms with Gasteiger partial charge in [-0.25, -0.2) is 0 Å². The van der Waals surface area contributed by atoms with Crippen molar-refractivity contribution in [2.45, 2.75) is 84.1 Å². The highest BCUT2D eigenvalue weighted by Gasteiger charge is 2.23. The molecule has 208 valence electrons. The molecule has 0 aliphatic carbocycles. The smallest absolute Gasteiger partial charge is 0.319 e. The van der Waals surface area contributed by atoms with Gasteiger partial charge >= 0.3 is 6.01 Å². The highest BCUT2D eigenvalue weighted by atomic mass is 28.3. The Kier molecular flexibility index (Phi) is 9.81. The number of ether oxygens (including phenoxy) is 2. The van der Waals surface area contributed by atoms with Gasteiger partial charge < -0.3 is 24.9 Å². The summed E-state index contributed by atoms with van der Waals surface area (Å²) < 4.78 is 13.7. The molecule has 1 unspecified atom stereocenters. The molecule has 1 atom stereocenters. The van der Waals surface area contributed by atoms with E-state index in [-0.39, 0.29) is 6.01 Å². The molecule has 3 aromatic rings. The molecule has 1 aliphatic heterocycles. The lowest BCUT2D eigenvalue weighted by molar-refractivity contribution is 0.0899. The summed E-state index contributed by atoms with van der Waals surface area (Å²) in [6.07, 6.45) is 6.84. The first kappa shape index (κ1) is 28.5. The minimum absolute atomic E-state index is 0.242. The SMILES string of the molecule is CCCCOc1nc(N)c2c(n1)c(C(O)c1ccc(CN3CCCCC3)cc1)cn2COCC[Si](C)(C)C. The van der Waals surface area contributed by atoms with Crippen LogP contribution in [0.4, 0.5) is 5.82 Å². The first-order valence-electron chi connectivity index (χ1n) is 14.1. The Morgan fingerprint density at radius 3 is 2.47 bits per heavy atom. The standard InChI is InChI=1S/C29H45N5O3Si/c1-5-6-16-37-29-31-25-24(20-34(26(25)28(30)32-29)21-36-17-18-38(2,3)4)27(35)23-12-10-22(11-13-23)19-33-14-8-7-9-15-33/h10-13,20,27,35H,5-9,14-19,21H2,1-4H3,(H2,30,31,32). The van der Waals surface area contributed by atoms with Crippen molar-refractivity contribution >= 4 is 24.9 Å². The summed E-state index contributed by atoms with van der Waals surface area (Å²) in [6.45, 7) is 13.9. The molecule has 1 saturated heterocycles. The second-order valence-electron chi connectivity index (χ2n) is 11.7. The van der Waals surface area contributed by atoms with Crippen molar-refractivity contribution in [1.82, 2.24) is 19.4 Å². The van der Waals surface area contributed by atoms with E-state index < -0.39 is 14.2 Å². The largest absolute Gasteiger partial charge is 0.463 e. The Balaban J connectivity index is 1.58. The number of nitrogens with two attached hydrogens (primary N) is 1. The molecule has 1 aliphatic rings. The summed E-state index contributed by atoms with van der Waals surface area (Å²) in [5, 5.41) is 11.5. The zero-order valence-corrected chi connectivity index (χ0v) is 24.6. The molecule has 4 rings (SSSR count). The van der Waals surface area contributed by atoms with Gasteiger partial charge in [-0.05, 0) is 49.5 Å². The number of aromatic nitrogens is 3. The lowest BCUT2D eigenvalue weighted by atomic mass is 10.0. The molecular formula is C29H45N5O3Si. The van der Waals surface area contributed by atoms with Crippen LogP contribution >= 0.6 is 0 Å². The number of nitrogen functional groups attached to an aromatic ring is 1. The molecule has 0 bridgehead atoms. The van der Waals surface area contributed by atoms with Gasteiger partial charge in [0.15, 0.2) is 5.82 Å². The zero-order chi connectivity index (χ0) is 27.1. The van der Waals surface area contributed by atoms with Crippen molar-refractivity contribution in [3.8, 4) is 6.01 Å². The molecule has 8 nitrogen and oxygen atoms in total. The Morgan fingerprint density at radius 1 is 1.05 bits per heavy atom. The second kappa shape index (κ2) is 13.1. The number of aliphatic hydroxyl groups excluding tert-OH is 1. The molecule has 2 aromatic heterocycles. The summed E-state index contributed by atoms with van der Waals surface area (Å²) in [4.78, 5) is 11.6. The lowest BCUT2D eigenvalue weighted by Crippen LogP contribution is -2.29. The van der Waals surface area contributed by atoms with Crippen LogP contribution in [0, 0.1) is 0 Å². The summed E-state index contributed by atoms with van der Waals surface area (Å²) in [5.74, 6) is 0.325. The third-order valence-electron chi connectivity index (χ3n) is 7.15. The molecule has 0 amide bonds. The van der Waals surface area contributed by atoms with Crippen LogP contribution in [0.1, 0.15) is 61.8 Å². The topological polar surface area (TPSA) is 98.7 Å². The second-order valence-corrected chi connectivity index (χ2v) is 17.3. The third-order valence-corrected chi connectivity index (χ3v) is 8.85. The number of hydrogen-bond donors (Lipinski definition) is 2. The average molecular weight is 540 g/mol. The van der Waals surface area contributed by atoms with Gasteiger partial charge in [0.1, 0.15) is 23.9 Å². The van der Waals surface area contributed by atoms with Crippen LogP contribution < -0.4 is 10.5 Å². The monoisotopic (exact) mass is 539 g/mol. The molecule has 3 N–H and O–H groups in total. The maximum absolute atomic E-state index is 11.5. The highest BCUT2D eigenvalue weighted by Crippen LogP contribution is 2.33. The fraction of sp³-hybridized carbons (Fsp3) is 0.586. The number of hydrogen-bond acceptors (Lipinski definition) is 7. The molecule has 0 radical (unpaired) electrons. The minimum Gasteiger partial charge on any atom is -0.463 e. The third kappa shape index (κ3) is 7.56. The Morgan fingerprint density at radius 2 is 1.79 bits per heavy atom. The predicted molar refractivity (Wildman–Crippen MR) is 156 cm³/mol. The predicted octanol–water partition coefficient (Wildman–Crippen LogP) is 5.57. The zero-order valence-electron chi connectivity index (χ0n) is 23.6. The highest BCUT2D eigenvalue weighted by molar-refractivity contribution is 6.76. The number of likely N-dealkylation sites (tertiary alicyclic amines) is 1. The van der Waals surface area contributed by atoms with E-state index in [1.54, 1.807) is 0 Å². The fourth-order valence-electron chi connectivity index (χ4n) is 4.81. The normalized spacial score (nSPS) is 15.7. The minimum atomic E-state index is -1.20. The van der Waals surface area contributed by atoms with Crippen LogP contribution in [0.3, 0.4) is 0 Å². The number of unbranched alkanes of at least 4 members (excludes halogenated alkanes) is 1. The van der Waals surface area contributed by atoms with Crippen molar-refractivity contribution in [2.24, 2.45) is 0 Å². The van der Waals surface area contributed by atoms with E-state index in [0.29, 0.717) is 42.4 Å². The van der Waals surface area contributed by atoms with Crippen molar-refractivity contribution in [1.29, 1.82) is 0 Å². The van der Waals surface area contributed by atoms with Crippen molar-refractivity contribution < 1.29 is 14.6 Å². The molecule has 1 aromatic carbocycles. The first-order chi connectivity index (χ1) is 18.2. The number of anilines is 1. The van der Waals surface area contributed by atoms with Crippen molar-refractivity contribution in [3.05, 3.63) is 47.2 Å². The van der Waals surface area contributed by atoms with Gasteiger partial charge in [-0.15, -0.1) is 0 Å². The molecule has 0 saturated carbocycles. The average Bonchev–Trinajstić information content (AvgIpc) is 3.26. The van der Waals surface area contributed by atoms with Crippen LogP contribution in [0.2, 0.25) is 25.7 Å². The maximum Gasteiger partial charge on any atom is 0.319 e. The van der Waals surface area contributed by atoms with E-state index in [2.05, 4.69) is 53.6 Å². The van der Waals surface area contributed by atoms with Crippen LogP contribution in [-0.2, 0) is 18.0 Å². The molecule has 3 heterocycles. The number of fused-ring (bicyclic) bond motifs is 1. The van der Waals surface area contributed by atoms with Crippen LogP contribution in [0.25, 0.3) is 11.0 Å². The van der Waals surface area contributed by atoms with Gasteiger partial charge in [0.25, 0.3) is 0 Å². The van der Waals surface area contributed by atoms with Gasteiger partial charge in [0, 0.05) is 33.0 Å². The van der Waals surface area contributed by atoms with E-state index in [0.717, 1.165) is 44.1 Å². The maximum atomic E-state index is 11.5. The molecule has 38 heavy (non-hydrogen) atoms. The summed E-state index contributed by atoms with van der Waals surface area (Å²) in [5.41, 5.74) is 10.4. The van der Waals surface area contributed by atoms with E-state index in [1.807, 2.05) is 22.9 Å². The van der Waals surface area contributed by atoms with E-state index in [4.69, 9.17) is 15.2 Å². The fourth-order valence-corrected chi connectivity index (χ4v) is 5.56. The van der Waals surface area contributed by atoms with Crippen LogP contribution in [0.5, 0.6) is 6.01 Å². The van der Waals surface area contributed by atoms with E-state index in [1.165, 1.54) is 24.8 Å². The van der Waals surface area contributed by atoms with Gasteiger partial charge in [0.2, 0.25) is 0 Å². The molecular weight excluding hydrogens is 494 g/mol. The number of aliphatic hydroxyl groups is 1. The van der Waals surface area contributed by atoms with Crippen molar-refractivity contribution in [3.63, 3.8) is 0 Å². The number of benzene rings is 1. The number of piperidine rings is 1. The van der Waals surface area contributed by atoms with E-state index in [9.17, 15) is 5.11 Å². The molecule has 1 fully saturated rings. The lowest BCUT2D eigenvalue weighted by Gasteiger charge is -2.26. The summed E-state index contributed by atoms with van der Waals surface area (Å²) >= 11 is 0. The van der Waals surface area contributed by atoms with E-state index >= 15 is 0 Å². The Labute approximate surface area is 228 Å². The molecule has 9 heteroatoms. The van der Waals surface area contributed by atoms with Crippen LogP contribution in [0.15, 0.2) is 30.5 Å². The van der Waals surface area contributed by atoms with Crippen molar-refractivity contribution in [2.75, 3.05) is 32.0 Å². The van der Waals surface area contributed by atoms with Gasteiger partial charge in [-0.1, -0.05) is 63.7 Å². The summed E-state index contributed by atoms with van der Waals surface area (Å²) in [7, 11) is -1.20. The Hall–Kier alpha value is -2.46. The number of rotatable bonds is 13.